The smallest absolute Gasteiger partial charge is 0.106 e. The van der Waals surface area contributed by atoms with Gasteiger partial charge in [-0.3, -0.25) is 0 Å². The Kier molecular flexibility index (Phi) is 1.64. The summed E-state index contributed by atoms with van der Waals surface area (Å²) in [6.45, 7) is 1.47. The molecular formula is C9H11NO. The summed E-state index contributed by atoms with van der Waals surface area (Å²) < 4.78 is 5.18. The van der Waals surface area contributed by atoms with Gasteiger partial charge < -0.3 is 10.5 Å². The van der Waals surface area contributed by atoms with Crippen LogP contribution in [0.1, 0.15) is 17.2 Å². The Bertz CT molecular complexity index is 255. The third-order valence-corrected chi connectivity index (χ3v) is 1.96. The highest BCUT2D eigenvalue weighted by Gasteiger charge is 2.26. The molecule has 0 amide bonds. The molecule has 0 aromatic heterocycles. The summed E-state index contributed by atoms with van der Waals surface area (Å²) in [5, 5.41) is 0. The van der Waals surface area contributed by atoms with E-state index in [0.29, 0.717) is 12.6 Å². The molecule has 2 N–H and O–H groups in total. The van der Waals surface area contributed by atoms with Crippen molar-refractivity contribution in [1.29, 1.82) is 0 Å². The molecule has 1 atom stereocenters. The average Bonchev–Trinajstić information content (AvgIpc) is 2.87. The standard InChI is InChI=1S/C9H11NO/c10-5-7-3-1-2-4-8(7)9-6-11-9/h1-4,9H,5-6,10H2. The number of nitrogens with two attached hydrogens (primary N) is 1. The van der Waals surface area contributed by atoms with Gasteiger partial charge in [-0.15, -0.1) is 0 Å². The molecule has 1 heterocycles. The lowest BCUT2D eigenvalue weighted by Gasteiger charge is -2.02. The second kappa shape index (κ2) is 2.64. The number of epoxide rings is 1. The van der Waals surface area contributed by atoms with Crippen molar-refractivity contribution in [2.45, 2.75) is 12.6 Å². The highest BCUT2D eigenvalue weighted by atomic mass is 16.6. The molecule has 0 bridgehead atoms. The molecule has 1 aromatic rings. The number of hydrogen-bond donors (Lipinski definition) is 1. The molecule has 11 heavy (non-hydrogen) atoms. The van der Waals surface area contributed by atoms with Gasteiger partial charge in [-0.1, -0.05) is 24.3 Å². The minimum Gasteiger partial charge on any atom is -0.368 e. The van der Waals surface area contributed by atoms with Crippen molar-refractivity contribution < 1.29 is 4.74 Å². The Hall–Kier alpha value is -0.860. The molecule has 1 aliphatic heterocycles. The Morgan fingerprint density at radius 1 is 1.45 bits per heavy atom. The van der Waals surface area contributed by atoms with Gasteiger partial charge >= 0.3 is 0 Å². The van der Waals surface area contributed by atoms with Crippen LogP contribution in [0, 0.1) is 0 Å². The normalized spacial score (nSPS) is 21.7. The topological polar surface area (TPSA) is 38.5 Å². The van der Waals surface area contributed by atoms with E-state index in [1.54, 1.807) is 0 Å². The van der Waals surface area contributed by atoms with E-state index in [0.717, 1.165) is 6.61 Å². The molecule has 2 heteroatoms. The van der Waals surface area contributed by atoms with Gasteiger partial charge in [0.2, 0.25) is 0 Å². The summed E-state index contributed by atoms with van der Waals surface area (Å²) in [4.78, 5) is 0. The molecule has 0 radical (unpaired) electrons. The molecule has 1 fully saturated rings. The van der Waals surface area contributed by atoms with E-state index >= 15 is 0 Å². The first-order valence-corrected chi connectivity index (χ1v) is 3.81. The van der Waals surface area contributed by atoms with Gasteiger partial charge in [-0.2, -0.15) is 0 Å². The third-order valence-electron chi connectivity index (χ3n) is 1.96. The van der Waals surface area contributed by atoms with Gasteiger partial charge in [0.25, 0.3) is 0 Å². The van der Waals surface area contributed by atoms with Gasteiger partial charge in [0.1, 0.15) is 6.10 Å². The van der Waals surface area contributed by atoms with Crippen LogP contribution in [0.25, 0.3) is 0 Å². The van der Waals surface area contributed by atoms with E-state index in [-0.39, 0.29) is 0 Å². The van der Waals surface area contributed by atoms with Gasteiger partial charge in [0.05, 0.1) is 6.61 Å². The zero-order chi connectivity index (χ0) is 7.68. The summed E-state index contributed by atoms with van der Waals surface area (Å²) in [5.74, 6) is 0. The molecule has 58 valence electrons. The van der Waals surface area contributed by atoms with Crippen molar-refractivity contribution in [1.82, 2.24) is 0 Å². The van der Waals surface area contributed by atoms with Crippen LogP contribution in [0.15, 0.2) is 24.3 Å². The summed E-state index contributed by atoms with van der Waals surface area (Å²) >= 11 is 0. The molecular weight excluding hydrogens is 138 g/mol. The molecule has 1 aromatic carbocycles. The van der Waals surface area contributed by atoms with Crippen molar-refractivity contribution in [2.75, 3.05) is 6.61 Å². The highest BCUT2D eigenvalue weighted by Crippen LogP contribution is 2.31. The van der Waals surface area contributed by atoms with Crippen molar-refractivity contribution in [3.05, 3.63) is 35.4 Å². The number of benzene rings is 1. The summed E-state index contributed by atoms with van der Waals surface area (Å²) in [7, 11) is 0. The Morgan fingerprint density at radius 2 is 2.18 bits per heavy atom. The average molecular weight is 149 g/mol. The molecule has 1 aliphatic rings. The van der Waals surface area contributed by atoms with Crippen molar-refractivity contribution >= 4 is 0 Å². The zero-order valence-corrected chi connectivity index (χ0v) is 6.29. The molecule has 1 saturated heterocycles. The van der Waals surface area contributed by atoms with Gasteiger partial charge in [0, 0.05) is 6.54 Å². The van der Waals surface area contributed by atoms with Gasteiger partial charge in [0.15, 0.2) is 0 Å². The fourth-order valence-electron chi connectivity index (χ4n) is 1.26. The Labute approximate surface area is 66.0 Å². The zero-order valence-electron chi connectivity index (χ0n) is 6.29. The molecule has 2 nitrogen and oxygen atoms in total. The van der Waals surface area contributed by atoms with Crippen LogP contribution < -0.4 is 5.73 Å². The van der Waals surface area contributed by atoms with E-state index in [1.807, 2.05) is 12.1 Å². The second-order valence-electron chi connectivity index (χ2n) is 2.72. The number of ether oxygens (including phenoxy) is 1. The van der Waals surface area contributed by atoms with Crippen LogP contribution in [0.4, 0.5) is 0 Å². The monoisotopic (exact) mass is 149 g/mol. The number of hydrogen-bond acceptors (Lipinski definition) is 2. The molecule has 0 saturated carbocycles. The van der Waals surface area contributed by atoms with Crippen LogP contribution in [-0.4, -0.2) is 6.61 Å². The maximum atomic E-state index is 5.56. The summed E-state index contributed by atoms with van der Waals surface area (Å²) in [6, 6.07) is 8.17. The van der Waals surface area contributed by atoms with E-state index in [4.69, 9.17) is 10.5 Å². The van der Waals surface area contributed by atoms with Crippen molar-refractivity contribution in [2.24, 2.45) is 5.73 Å². The van der Waals surface area contributed by atoms with Crippen LogP contribution in [0.5, 0.6) is 0 Å². The van der Waals surface area contributed by atoms with Crippen LogP contribution in [-0.2, 0) is 11.3 Å². The molecule has 2 rings (SSSR count). The fraction of sp³-hybridized carbons (Fsp3) is 0.333. The quantitative estimate of drug-likeness (QED) is 0.642. The van der Waals surface area contributed by atoms with Crippen molar-refractivity contribution in [3.63, 3.8) is 0 Å². The van der Waals surface area contributed by atoms with Gasteiger partial charge in [-0.25, -0.2) is 0 Å². The van der Waals surface area contributed by atoms with E-state index in [1.165, 1.54) is 11.1 Å². The van der Waals surface area contributed by atoms with Crippen molar-refractivity contribution in [3.8, 4) is 0 Å². The van der Waals surface area contributed by atoms with E-state index in [2.05, 4.69) is 12.1 Å². The molecule has 0 spiro atoms. The predicted molar refractivity (Wildman–Crippen MR) is 43.0 cm³/mol. The maximum absolute atomic E-state index is 5.56. The highest BCUT2D eigenvalue weighted by molar-refractivity contribution is 5.30. The minimum absolute atomic E-state index is 0.328. The van der Waals surface area contributed by atoms with Crippen LogP contribution >= 0.6 is 0 Å². The third kappa shape index (κ3) is 1.27. The lowest BCUT2D eigenvalue weighted by atomic mass is 10.1. The molecule has 1 unspecified atom stereocenters. The SMILES string of the molecule is NCc1ccccc1C1CO1. The second-order valence-corrected chi connectivity index (χ2v) is 2.72. The van der Waals surface area contributed by atoms with E-state index in [9.17, 15) is 0 Å². The Morgan fingerprint density at radius 3 is 2.82 bits per heavy atom. The fourth-order valence-corrected chi connectivity index (χ4v) is 1.26. The molecule has 0 aliphatic carbocycles. The predicted octanol–water partition coefficient (Wildman–Crippen LogP) is 1.22. The summed E-state index contributed by atoms with van der Waals surface area (Å²) in [6.07, 6.45) is 0.328. The summed E-state index contributed by atoms with van der Waals surface area (Å²) in [5.41, 5.74) is 8.02. The van der Waals surface area contributed by atoms with Gasteiger partial charge in [-0.05, 0) is 11.1 Å². The Balaban J connectivity index is 2.34. The number of rotatable bonds is 2. The van der Waals surface area contributed by atoms with Crippen LogP contribution in [0.2, 0.25) is 0 Å². The first kappa shape index (κ1) is 6.83. The van der Waals surface area contributed by atoms with E-state index < -0.39 is 0 Å². The minimum atomic E-state index is 0.328. The largest absolute Gasteiger partial charge is 0.368 e. The lowest BCUT2D eigenvalue weighted by molar-refractivity contribution is 0.414. The first-order chi connectivity index (χ1) is 5.42. The first-order valence-electron chi connectivity index (χ1n) is 3.81. The maximum Gasteiger partial charge on any atom is 0.106 e. The van der Waals surface area contributed by atoms with Crippen LogP contribution in [0.3, 0.4) is 0 Å². The lowest BCUT2D eigenvalue weighted by Crippen LogP contribution is -2.00.